The molecule has 0 amide bonds. The number of fused-ring (bicyclic) bond motifs is 3. The van der Waals surface area contributed by atoms with Crippen molar-refractivity contribution in [3.05, 3.63) is 53.4 Å². The van der Waals surface area contributed by atoms with E-state index < -0.39 is 8.32 Å². The lowest BCUT2D eigenvalue weighted by Gasteiger charge is -2.38. The van der Waals surface area contributed by atoms with Crippen LogP contribution in [0, 0.1) is 0 Å². The topological polar surface area (TPSA) is 34.2 Å². The second kappa shape index (κ2) is 6.94. The zero-order chi connectivity index (χ0) is 21.0. The molecule has 3 nitrogen and oxygen atoms in total. The summed E-state index contributed by atoms with van der Waals surface area (Å²) in [5.41, 5.74) is 3.92. The summed E-state index contributed by atoms with van der Waals surface area (Å²) in [4.78, 5) is 3.57. The van der Waals surface area contributed by atoms with Crippen molar-refractivity contribution in [3.8, 4) is 5.75 Å². The zero-order valence-electron chi connectivity index (χ0n) is 18.8. The van der Waals surface area contributed by atoms with Crippen LogP contribution < -0.4 is 4.74 Å². The van der Waals surface area contributed by atoms with Gasteiger partial charge in [-0.3, -0.25) is 0 Å². The summed E-state index contributed by atoms with van der Waals surface area (Å²) in [6.07, 6.45) is 4.40. The fourth-order valence-electron chi connectivity index (χ4n) is 4.21. The number of methoxy groups -OCH3 is 1. The molecule has 0 saturated carbocycles. The van der Waals surface area contributed by atoms with Gasteiger partial charge in [-0.25, -0.2) is 0 Å². The van der Waals surface area contributed by atoms with Crippen molar-refractivity contribution in [2.45, 2.75) is 64.6 Å². The number of allylic oxidation sites excluding steroid dienone is 2. The SMILES string of the molecule is COc1cc2c(C3CCC(C)=C3O[Si](C)(C)C(C)(C)C)c[nH]c2c2ccccc12. The highest BCUT2D eigenvalue weighted by molar-refractivity contribution is 6.74. The van der Waals surface area contributed by atoms with Crippen molar-refractivity contribution in [2.75, 3.05) is 7.11 Å². The Kier molecular flexibility index (Phi) is 4.81. The van der Waals surface area contributed by atoms with Gasteiger partial charge in [0.05, 0.1) is 18.4 Å². The number of hydrogen-bond acceptors (Lipinski definition) is 2. The lowest BCUT2D eigenvalue weighted by Crippen LogP contribution is -2.41. The normalized spacial score (nSPS) is 18.1. The van der Waals surface area contributed by atoms with Crippen LogP contribution in [-0.4, -0.2) is 20.4 Å². The molecule has 0 aliphatic heterocycles. The fourth-order valence-corrected chi connectivity index (χ4v) is 5.38. The van der Waals surface area contributed by atoms with Crippen molar-refractivity contribution in [3.63, 3.8) is 0 Å². The molecule has 1 heterocycles. The van der Waals surface area contributed by atoms with Crippen LogP contribution in [0.2, 0.25) is 18.1 Å². The third-order valence-corrected chi connectivity index (χ3v) is 11.3. The average Bonchev–Trinajstić information content (AvgIpc) is 3.23. The summed E-state index contributed by atoms with van der Waals surface area (Å²) in [5, 5.41) is 3.79. The van der Waals surface area contributed by atoms with Crippen molar-refractivity contribution >= 4 is 30.0 Å². The smallest absolute Gasteiger partial charge is 0.250 e. The summed E-state index contributed by atoms with van der Waals surface area (Å²) < 4.78 is 12.6. The van der Waals surface area contributed by atoms with Crippen molar-refractivity contribution < 1.29 is 9.16 Å². The Hall–Kier alpha value is -2.20. The molecule has 1 unspecified atom stereocenters. The standard InChI is InChI=1S/C25H33NO2Si/c1-16-12-13-19(24(16)28-29(6,7)25(2,3)4)21-15-26-23-18-11-9-8-10-17(18)22(27-5)14-20(21)23/h8-11,14-15,19,26H,12-13H2,1-7H3. The number of ether oxygens (including phenoxy) is 1. The first kappa shape index (κ1) is 20.1. The second-order valence-electron chi connectivity index (χ2n) is 9.89. The number of hydrogen-bond donors (Lipinski definition) is 1. The van der Waals surface area contributed by atoms with E-state index in [0.717, 1.165) is 24.0 Å². The van der Waals surface area contributed by atoms with Crippen LogP contribution in [0.25, 0.3) is 21.7 Å². The predicted molar refractivity (Wildman–Crippen MR) is 125 cm³/mol. The predicted octanol–water partition coefficient (Wildman–Crippen LogP) is 7.50. The maximum absolute atomic E-state index is 6.88. The number of aromatic nitrogens is 1. The first-order chi connectivity index (χ1) is 13.6. The molecule has 2 aromatic carbocycles. The summed E-state index contributed by atoms with van der Waals surface area (Å²) >= 11 is 0. The molecule has 1 N–H and O–H groups in total. The molecule has 0 radical (unpaired) electrons. The van der Waals surface area contributed by atoms with Gasteiger partial charge in [0, 0.05) is 28.3 Å². The molecule has 0 bridgehead atoms. The highest BCUT2D eigenvalue weighted by atomic mass is 28.4. The van der Waals surface area contributed by atoms with Crippen LogP contribution in [0.15, 0.2) is 47.9 Å². The van der Waals surface area contributed by atoms with Gasteiger partial charge in [0.15, 0.2) is 0 Å². The van der Waals surface area contributed by atoms with Gasteiger partial charge in [-0.15, -0.1) is 0 Å². The molecule has 4 heteroatoms. The third-order valence-electron chi connectivity index (χ3n) is 7.00. The van der Waals surface area contributed by atoms with Gasteiger partial charge in [0.25, 0.3) is 0 Å². The number of benzene rings is 2. The number of H-pyrrole nitrogens is 1. The fraction of sp³-hybridized carbons (Fsp3) is 0.440. The monoisotopic (exact) mass is 407 g/mol. The lowest BCUT2D eigenvalue weighted by atomic mass is 9.95. The summed E-state index contributed by atoms with van der Waals surface area (Å²) in [5.74, 6) is 2.45. The van der Waals surface area contributed by atoms with Crippen LogP contribution in [-0.2, 0) is 4.43 Å². The molecule has 1 aromatic heterocycles. The highest BCUT2D eigenvalue weighted by Crippen LogP contribution is 2.48. The van der Waals surface area contributed by atoms with E-state index in [-0.39, 0.29) is 5.04 Å². The maximum atomic E-state index is 6.88. The van der Waals surface area contributed by atoms with E-state index in [1.807, 2.05) is 0 Å². The first-order valence-corrected chi connectivity index (χ1v) is 13.5. The Morgan fingerprint density at radius 1 is 1.07 bits per heavy atom. The van der Waals surface area contributed by atoms with Crippen LogP contribution in [0.3, 0.4) is 0 Å². The molecule has 1 aliphatic rings. The molecule has 4 rings (SSSR count). The summed E-state index contributed by atoms with van der Waals surface area (Å²) in [6.45, 7) is 13.8. The molecule has 1 atom stereocenters. The van der Waals surface area contributed by atoms with Gasteiger partial charge >= 0.3 is 0 Å². The molecule has 0 fully saturated rings. The van der Waals surface area contributed by atoms with E-state index in [4.69, 9.17) is 9.16 Å². The minimum absolute atomic E-state index is 0.188. The summed E-state index contributed by atoms with van der Waals surface area (Å²) in [7, 11) is -0.132. The van der Waals surface area contributed by atoms with Crippen molar-refractivity contribution in [1.82, 2.24) is 4.98 Å². The van der Waals surface area contributed by atoms with Crippen molar-refractivity contribution in [1.29, 1.82) is 0 Å². The van der Waals surface area contributed by atoms with E-state index in [9.17, 15) is 0 Å². The van der Waals surface area contributed by atoms with Crippen LogP contribution in [0.5, 0.6) is 5.75 Å². The minimum Gasteiger partial charge on any atom is -0.546 e. The number of nitrogens with one attached hydrogen (secondary N) is 1. The molecule has 154 valence electrons. The van der Waals surface area contributed by atoms with Crippen LogP contribution >= 0.6 is 0 Å². The Labute approximate surface area is 175 Å². The molecule has 0 spiro atoms. The average molecular weight is 408 g/mol. The van der Waals surface area contributed by atoms with Gasteiger partial charge in [-0.05, 0) is 55.1 Å². The van der Waals surface area contributed by atoms with E-state index in [0.29, 0.717) is 5.92 Å². The quantitative estimate of drug-likeness (QED) is 0.454. The van der Waals surface area contributed by atoms with E-state index in [2.05, 4.69) is 82.3 Å². The Balaban J connectivity index is 1.83. The second-order valence-corrected chi connectivity index (χ2v) is 14.6. The van der Waals surface area contributed by atoms with Crippen LogP contribution in [0.1, 0.15) is 52.0 Å². The zero-order valence-corrected chi connectivity index (χ0v) is 19.8. The Morgan fingerprint density at radius 2 is 1.76 bits per heavy atom. The highest BCUT2D eigenvalue weighted by Gasteiger charge is 2.42. The van der Waals surface area contributed by atoms with Gasteiger partial charge in [-0.2, -0.15) is 0 Å². The molecule has 1 aliphatic carbocycles. The number of rotatable bonds is 4. The largest absolute Gasteiger partial charge is 0.546 e. The van der Waals surface area contributed by atoms with Gasteiger partial charge in [0.2, 0.25) is 8.32 Å². The molecule has 3 aromatic rings. The third kappa shape index (κ3) is 3.27. The van der Waals surface area contributed by atoms with E-state index in [1.54, 1.807) is 7.11 Å². The van der Waals surface area contributed by atoms with E-state index >= 15 is 0 Å². The van der Waals surface area contributed by atoms with E-state index in [1.165, 1.54) is 33.2 Å². The molecular formula is C25H33NO2Si. The first-order valence-electron chi connectivity index (χ1n) is 10.6. The summed E-state index contributed by atoms with van der Waals surface area (Å²) in [6, 6.07) is 10.6. The van der Waals surface area contributed by atoms with Gasteiger partial charge < -0.3 is 14.1 Å². The maximum Gasteiger partial charge on any atom is 0.250 e. The van der Waals surface area contributed by atoms with Gasteiger partial charge in [-0.1, -0.05) is 45.0 Å². The molecule has 29 heavy (non-hydrogen) atoms. The Morgan fingerprint density at radius 3 is 2.41 bits per heavy atom. The van der Waals surface area contributed by atoms with Gasteiger partial charge in [0.1, 0.15) is 5.75 Å². The molecule has 0 saturated heterocycles. The minimum atomic E-state index is -1.89. The van der Waals surface area contributed by atoms with Crippen LogP contribution in [0.4, 0.5) is 0 Å². The van der Waals surface area contributed by atoms with Crippen molar-refractivity contribution in [2.24, 2.45) is 0 Å². The number of aromatic amines is 1. The lowest BCUT2D eigenvalue weighted by molar-refractivity contribution is 0.355. The molecular weight excluding hydrogens is 374 g/mol. The Bertz CT molecular complexity index is 1100.